The van der Waals surface area contributed by atoms with Gasteiger partial charge in [-0.3, -0.25) is 4.79 Å². The molecule has 0 saturated heterocycles. The van der Waals surface area contributed by atoms with E-state index in [1.54, 1.807) is 11.8 Å². The second kappa shape index (κ2) is 6.71. The van der Waals surface area contributed by atoms with Crippen LogP contribution in [0.3, 0.4) is 0 Å². The molecule has 0 bridgehead atoms. The van der Waals surface area contributed by atoms with Crippen molar-refractivity contribution in [2.45, 2.75) is 13.8 Å². The van der Waals surface area contributed by atoms with Gasteiger partial charge in [-0.1, -0.05) is 31.2 Å². The van der Waals surface area contributed by atoms with Crippen LogP contribution >= 0.6 is 11.8 Å². The highest BCUT2D eigenvalue weighted by atomic mass is 32.2. The monoisotopic (exact) mass is 238 g/mol. The number of carbonyl (C=O) groups excluding carboxylic acids is 1. The smallest absolute Gasteiger partial charge is 0.172 e. The molecule has 1 aromatic rings. The SMILES string of the molecule is Cc1ccccc1C(=O)CSCC(C)CO. The lowest BCUT2D eigenvalue weighted by Gasteiger charge is -2.07. The van der Waals surface area contributed by atoms with Gasteiger partial charge in [0.2, 0.25) is 0 Å². The lowest BCUT2D eigenvalue weighted by Crippen LogP contribution is -2.09. The number of benzene rings is 1. The maximum atomic E-state index is 11.9. The van der Waals surface area contributed by atoms with Crippen molar-refractivity contribution < 1.29 is 9.90 Å². The van der Waals surface area contributed by atoms with E-state index in [-0.39, 0.29) is 18.3 Å². The Kier molecular flexibility index (Phi) is 5.56. The number of hydrogen-bond donors (Lipinski definition) is 1. The molecule has 0 amide bonds. The molecule has 0 radical (unpaired) electrons. The maximum Gasteiger partial charge on any atom is 0.172 e. The molecule has 0 spiro atoms. The highest BCUT2D eigenvalue weighted by molar-refractivity contribution is 7.99. The average molecular weight is 238 g/mol. The summed E-state index contributed by atoms with van der Waals surface area (Å²) in [6.45, 7) is 4.12. The van der Waals surface area contributed by atoms with E-state index < -0.39 is 0 Å². The minimum absolute atomic E-state index is 0.174. The zero-order valence-electron chi connectivity index (χ0n) is 9.77. The van der Waals surface area contributed by atoms with E-state index in [4.69, 9.17) is 5.11 Å². The molecular weight excluding hydrogens is 220 g/mol. The van der Waals surface area contributed by atoms with Gasteiger partial charge in [0.05, 0.1) is 5.75 Å². The minimum Gasteiger partial charge on any atom is -0.396 e. The van der Waals surface area contributed by atoms with Crippen molar-refractivity contribution >= 4 is 17.5 Å². The number of ketones is 1. The molecule has 2 nitrogen and oxygen atoms in total. The fraction of sp³-hybridized carbons (Fsp3) is 0.462. The highest BCUT2D eigenvalue weighted by Crippen LogP contribution is 2.13. The Morgan fingerprint density at radius 2 is 2.12 bits per heavy atom. The van der Waals surface area contributed by atoms with Crippen molar-refractivity contribution in [3.63, 3.8) is 0 Å². The molecule has 88 valence electrons. The summed E-state index contributed by atoms with van der Waals surface area (Å²) >= 11 is 1.59. The normalized spacial score (nSPS) is 12.4. The predicted octanol–water partition coefficient (Wildman–Crippen LogP) is 2.54. The van der Waals surface area contributed by atoms with Gasteiger partial charge in [-0.25, -0.2) is 0 Å². The van der Waals surface area contributed by atoms with Gasteiger partial charge >= 0.3 is 0 Å². The van der Waals surface area contributed by atoms with E-state index >= 15 is 0 Å². The summed E-state index contributed by atoms with van der Waals surface area (Å²) in [6, 6.07) is 7.65. The molecule has 1 rings (SSSR count). The Morgan fingerprint density at radius 3 is 2.75 bits per heavy atom. The van der Waals surface area contributed by atoms with Gasteiger partial charge in [-0.15, -0.1) is 0 Å². The minimum atomic E-state index is 0.174. The number of aryl methyl sites for hydroxylation is 1. The molecule has 16 heavy (non-hydrogen) atoms. The second-order valence-electron chi connectivity index (χ2n) is 4.04. The summed E-state index contributed by atoms with van der Waals surface area (Å²) in [6.07, 6.45) is 0. The first kappa shape index (κ1) is 13.3. The molecule has 0 fully saturated rings. The number of hydrogen-bond acceptors (Lipinski definition) is 3. The molecule has 0 saturated carbocycles. The van der Waals surface area contributed by atoms with Crippen LogP contribution in [0.15, 0.2) is 24.3 Å². The largest absolute Gasteiger partial charge is 0.396 e. The Balaban J connectivity index is 2.44. The molecule has 1 atom stereocenters. The van der Waals surface area contributed by atoms with Crippen molar-refractivity contribution in [3.05, 3.63) is 35.4 Å². The van der Waals surface area contributed by atoms with Crippen molar-refractivity contribution in [1.82, 2.24) is 0 Å². The van der Waals surface area contributed by atoms with Gasteiger partial charge in [-0.05, 0) is 24.2 Å². The van der Waals surface area contributed by atoms with Gasteiger partial charge in [0.25, 0.3) is 0 Å². The van der Waals surface area contributed by atoms with Crippen molar-refractivity contribution in [2.24, 2.45) is 5.92 Å². The Morgan fingerprint density at radius 1 is 1.44 bits per heavy atom. The van der Waals surface area contributed by atoms with Crippen molar-refractivity contribution in [3.8, 4) is 0 Å². The standard InChI is InChI=1S/C13H18O2S/c1-10(7-14)8-16-9-13(15)12-6-4-3-5-11(12)2/h3-6,10,14H,7-9H2,1-2H3. The number of thioether (sulfide) groups is 1. The van der Waals surface area contributed by atoms with Crippen LogP contribution in [0.1, 0.15) is 22.8 Å². The van der Waals surface area contributed by atoms with Gasteiger partial charge in [0, 0.05) is 12.2 Å². The number of Topliss-reactive ketones (excluding diaryl/α,β-unsaturated/α-hetero) is 1. The molecule has 0 aliphatic heterocycles. The molecule has 0 aliphatic rings. The van der Waals surface area contributed by atoms with Crippen LogP contribution in [0.5, 0.6) is 0 Å². The van der Waals surface area contributed by atoms with E-state index in [0.717, 1.165) is 16.9 Å². The van der Waals surface area contributed by atoms with Crippen LogP contribution in [0.2, 0.25) is 0 Å². The molecule has 1 aromatic carbocycles. The number of aliphatic hydroxyl groups excluding tert-OH is 1. The molecule has 1 unspecified atom stereocenters. The van der Waals surface area contributed by atoms with Crippen molar-refractivity contribution in [2.75, 3.05) is 18.1 Å². The number of rotatable bonds is 6. The summed E-state index contributed by atoms with van der Waals surface area (Å²) < 4.78 is 0. The molecule has 0 aliphatic carbocycles. The van der Waals surface area contributed by atoms with E-state index in [0.29, 0.717) is 5.75 Å². The maximum absolute atomic E-state index is 11.9. The summed E-state index contributed by atoms with van der Waals surface area (Å²) in [7, 11) is 0. The van der Waals surface area contributed by atoms with Gasteiger partial charge in [0.1, 0.15) is 0 Å². The van der Waals surface area contributed by atoms with E-state index in [1.165, 1.54) is 0 Å². The van der Waals surface area contributed by atoms with Crippen LogP contribution in [0.25, 0.3) is 0 Å². The highest BCUT2D eigenvalue weighted by Gasteiger charge is 2.09. The van der Waals surface area contributed by atoms with E-state index in [1.807, 2.05) is 38.1 Å². The lowest BCUT2D eigenvalue weighted by atomic mass is 10.1. The van der Waals surface area contributed by atoms with E-state index in [9.17, 15) is 4.79 Å². The lowest BCUT2D eigenvalue weighted by molar-refractivity contribution is 0.102. The average Bonchev–Trinajstić information content (AvgIpc) is 2.29. The fourth-order valence-corrected chi connectivity index (χ4v) is 2.34. The molecule has 0 heterocycles. The first-order valence-corrected chi connectivity index (χ1v) is 6.58. The van der Waals surface area contributed by atoms with Crippen LogP contribution in [0, 0.1) is 12.8 Å². The summed E-state index contributed by atoms with van der Waals surface area (Å²) in [5.41, 5.74) is 1.84. The second-order valence-corrected chi connectivity index (χ2v) is 5.07. The Hall–Kier alpha value is -0.800. The quantitative estimate of drug-likeness (QED) is 0.774. The van der Waals surface area contributed by atoms with Crippen LogP contribution < -0.4 is 0 Å². The molecule has 3 heteroatoms. The topological polar surface area (TPSA) is 37.3 Å². The zero-order valence-corrected chi connectivity index (χ0v) is 10.6. The first-order chi connectivity index (χ1) is 7.65. The summed E-state index contributed by atoms with van der Waals surface area (Å²) in [5, 5.41) is 8.86. The zero-order chi connectivity index (χ0) is 12.0. The summed E-state index contributed by atoms with van der Waals surface area (Å²) in [5.74, 6) is 1.76. The molecule has 0 aromatic heterocycles. The Labute approximate surface area is 101 Å². The fourth-order valence-electron chi connectivity index (χ4n) is 1.37. The number of carbonyl (C=O) groups is 1. The predicted molar refractivity (Wildman–Crippen MR) is 69.1 cm³/mol. The third-order valence-corrected chi connectivity index (χ3v) is 3.66. The van der Waals surface area contributed by atoms with E-state index in [2.05, 4.69) is 0 Å². The van der Waals surface area contributed by atoms with Gasteiger partial charge in [-0.2, -0.15) is 11.8 Å². The summed E-state index contributed by atoms with van der Waals surface area (Å²) in [4.78, 5) is 11.9. The number of aliphatic hydroxyl groups is 1. The van der Waals surface area contributed by atoms with Crippen molar-refractivity contribution in [1.29, 1.82) is 0 Å². The van der Waals surface area contributed by atoms with Crippen LogP contribution in [-0.4, -0.2) is 29.0 Å². The van der Waals surface area contributed by atoms with Crippen LogP contribution in [0.4, 0.5) is 0 Å². The molecule has 1 N–H and O–H groups in total. The van der Waals surface area contributed by atoms with Gasteiger partial charge in [0.15, 0.2) is 5.78 Å². The van der Waals surface area contributed by atoms with Crippen LogP contribution in [-0.2, 0) is 0 Å². The third kappa shape index (κ3) is 3.99. The first-order valence-electron chi connectivity index (χ1n) is 5.42. The third-order valence-electron chi connectivity index (χ3n) is 2.39. The molecular formula is C13H18O2S. The Bertz CT molecular complexity index is 350. The van der Waals surface area contributed by atoms with Gasteiger partial charge < -0.3 is 5.11 Å².